The Bertz CT molecular complexity index is 1640. The van der Waals surface area contributed by atoms with E-state index in [1.165, 1.54) is 18.7 Å². The van der Waals surface area contributed by atoms with Crippen LogP contribution in [0.4, 0.5) is 0 Å². The summed E-state index contributed by atoms with van der Waals surface area (Å²) in [5, 5.41) is 5.59. The highest BCUT2D eigenvalue weighted by molar-refractivity contribution is 6.77. The molecular weight excluding hydrogens is 505 g/mol. The predicted molar refractivity (Wildman–Crippen MR) is 162 cm³/mol. The third-order valence-electron chi connectivity index (χ3n) is 7.33. The number of rotatable bonds is 4. The molecule has 0 aliphatic carbocycles. The molecule has 0 spiro atoms. The lowest BCUT2D eigenvalue weighted by molar-refractivity contribution is 0.390. The van der Waals surface area contributed by atoms with Gasteiger partial charge >= 0.3 is 17.1 Å². The van der Waals surface area contributed by atoms with Crippen LogP contribution in [0.3, 0.4) is 0 Å². The smallest absolute Gasteiger partial charge is 0.363 e. The molecule has 6 heteroatoms. The minimum absolute atomic E-state index is 0.0404. The van der Waals surface area contributed by atoms with Gasteiger partial charge in [-0.25, -0.2) is 0 Å². The van der Waals surface area contributed by atoms with Crippen molar-refractivity contribution in [3.63, 3.8) is 0 Å². The van der Waals surface area contributed by atoms with Gasteiger partial charge in [0.05, 0.1) is 0 Å². The van der Waals surface area contributed by atoms with Gasteiger partial charge < -0.3 is 19.2 Å². The number of hydrogen-bond donors (Lipinski definition) is 4. The summed E-state index contributed by atoms with van der Waals surface area (Å²) in [7, 11) is -6.80. The first-order valence-electron chi connectivity index (χ1n) is 12.9. The molecule has 5 aromatic rings. The van der Waals surface area contributed by atoms with Gasteiger partial charge in [0.1, 0.15) is 0 Å². The van der Waals surface area contributed by atoms with Crippen LogP contribution in [0.25, 0.3) is 43.8 Å². The lowest BCUT2D eigenvalue weighted by atomic mass is 9.81. The van der Waals surface area contributed by atoms with Gasteiger partial charge in [-0.2, -0.15) is 0 Å². The molecule has 0 amide bonds. The third-order valence-corrected chi connectivity index (χ3v) is 10.2. The van der Waals surface area contributed by atoms with Crippen LogP contribution in [0.2, 0.25) is 13.1 Å². The van der Waals surface area contributed by atoms with Gasteiger partial charge in [0, 0.05) is 0 Å². The van der Waals surface area contributed by atoms with Crippen molar-refractivity contribution in [3.05, 3.63) is 96.6 Å². The first-order chi connectivity index (χ1) is 17.7. The molecule has 4 N–H and O–H groups in total. The largest absolute Gasteiger partial charge is 0.408 e. The van der Waals surface area contributed by atoms with E-state index in [4.69, 9.17) is 0 Å². The van der Waals surface area contributed by atoms with Gasteiger partial charge in [0.25, 0.3) is 0 Å². The predicted octanol–water partition coefficient (Wildman–Crippen LogP) is 5.15. The van der Waals surface area contributed by atoms with Crippen LogP contribution in [0, 0.1) is 0 Å². The minimum atomic E-state index is -3.40. The van der Waals surface area contributed by atoms with E-state index >= 15 is 0 Å². The van der Waals surface area contributed by atoms with Crippen LogP contribution in [0.1, 0.15) is 26.3 Å². The Balaban J connectivity index is 1.87. The van der Waals surface area contributed by atoms with Crippen LogP contribution >= 0.6 is 0 Å². The molecule has 0 bridgehead atoms. The molecule has 5 rings (SSSR count). The first kappa shape index (κ1) is 26.5. The lowest BCUT2D eigenvalue weighted by Crippen LogP contribution is -2.44. The molecule has 0 aromatic heterocycles. The molecule has 194 valence electrons. The maximum absolute atomic E-state index is 10.2. The zero-order valence-electron chi connectivity index (χ0n) is 22.4. The average molecular weight is 539 g/mol. The lowest BCUT2D eigenvalue weighted by Gasteiger charge is -2.23. The van der Waals surface area contributed by atoms with Gasteiger partial charge in [-0.3, -0.25) is 0 Å². The van der Waals surface area contributed by atoms with Crippen molar-refractivity contribution in [2.45, 2.75) is 39.3 Å². The average Bonchev–Trinajstić information content (AvgIpc) is 2.85. The van der Waals surface area contributed by atoms with Crippen molar-refractivity contribution in [3.8, 4) is 22.3 Å². The van der Waals surface area contributed by atoms with Crippen LogP contribution in [-0.4, -0.2) is 36.3 Å². The van der Waals surface area contributed by atoms with Gasteiger partial charge in [-0.05, 0) is 84.3 Å². The van der Waals surface area contributed by atoms with Crippen molar-refractivity contribution in [2.24, 2.45) is 0 Å². The molecule has 4 nitrogen and oxygen atoms in total. The second-order valence-electron chi connectivity index (χ2n) is 11.5. The number of benzene rings is 5. The molecule has 0 saturated heterocycles. The Morgan fingerprint density at radius 2 is 0.895 bits per heavy atom. The molecule has 38 heavy (non-hydrogen) atoms. The zero-order valence-corrected chi connectivity index (χ0v) is 24.4. The Kier molecular flexibility index (Phi) is 6.47. The van der Waals surface area contributed by atoms with E-state index in [-0.39, 0.29) is 5.41 Å². The Morgan fingerprint density at radius 1 is 0.500 bits per heavy atom. The van der Waals surface area contributed by atoms with E-state index < -0.39 is 17.1 Å². The summed E-state index contributed by atoms with van der Waals surface area (Å²) in [6.45, 7) is 9.63. The SMILES string of the molecule is CC(C)(C)c1ccc2c(-c3ccc([Si](C)(O)O)cc3)c3ccccc3c(-c3ccc([Si](C)(O)O)cc3)c2c1. The summed E-state index contributed by atoms with van der Waals surface area (Å²) in [5.74, 6) is 0. The standard InChI is InChI=1S/C32H34O4Si2/c1-32(2,3)23-14-19-28-29(20-23)31(22-12-17-25(18-13-22)38(5,35)36)27-9-7-6-8-26(27)30(28)21-10-15-24(16-11-21)37(4,33)34/h6-20,33-36H,1-5H3. The molecule has 0 aliphatic heterocycles. The van der Waals surface area contributed by atoms with Crippen molar-refractivity contribution in [1.82, 2.24) is 0 Å². The van der Waals surface area contributed by atoms with E-state index in [0.717, 1.165) is 43.8 Å². The molecule has 0 atom stereocenters. The van der Waals surface area contributed by atoms with Crippen molar-refractivity contribution < 1.29 is 19.2 Å². The third kappa shape index (κ3) is 4.87. The second-order valence-corrected chi connectivity index (χ2v) is 16.7. The number of fused-ring (bicyclic) bond motifs is 2. The van der Waals surface area contributed by atoms with E-state index in [1.54, 1.807) is 0 Å². The van der Waals surface area contributed by atoms with Crippen molar-refractivity contribution in [1.29, 1.82) is 0 Å². The summed E-state index contributed by atoms with van der Waals surface area (Å²) in [6, 6.07) is 30.3. The Morgan fingerprint density at radius 3 is 1.29 bits per heavy atom. The molecular formula is C32H34O4Si2. The fraction of sp³-hybridized carbons (Fsp3) is 0.188. The van der Waals surface area contributed by atoms with Crippen LogP contribution in [0.15, 0.2) is 91.0 Å². The van der Waals surface area contributed by atoms with E-state index in [1.807, 2.05) is 60.7 Å². The van der Waals surface area contributed by atoms with Gasteiger partial charge in [-0.15, -0.1) is 0 Å². The Hall–Kier alpha value is -3.11. The molecule has 0 aliphatic rings. The maximum atomic E-state index is 10.2. The topological polar surface area (TPSA) is 80.9 Å². The molecule has 0 saturated carbocycles. The first-order valence-corrected chi connectivity index (χ1v) is 17.6. The van der Waals surface area contributed by atoms with Crippen LogP contribution in [0.5, 0.6) is 0 Å². The van der Waals surface area contributed by atoms with Gasteiger partial charge in [-0.1, -0.05) is 106 Å². The summed E-state index contributed by atoms with van der Waals surface area (Å²) in [4.78, 5) is 40.8. The van der Waals surface area contributed by atoms with E-state index in [2.05, 4.69) is 51.1 Å². The second kappa shape index (κ2) is 9.27. The fourth-order valence-corrected chi connectivity index (χ4v) is 6.77. The molecule has 0 radical (unpaired) electrons. The van der Waals surface area contributed by atoms with E-state index in [9.17, 15) is 19.2 Å². The Labute approximate surface area is 226 Å². The number of hydrogen-bond acceptors (Lipinski definition) is 4. The van der Waals surface area contributed by atoms with Gasteiger partial charge in [0.2, 0.25) is 0 Å². The van der Waals surface area contributed by atoms with Crippen LogP contribution < -0.4 is 10.4 Å². The highest BCUT2D eigenvalue weighted by Crippen LogP contribution is 2.44. The molecule has 5 aromatic carbocycles. The maximum Gasteiger partial charge on any atom is 0.363 e. The van der Waals surface area contributed by atoms with Gasteiger partial charge in [0.15, 0.2) is 0 Å². The minimum Gasteiger partial charge on any atom is -0.408 e. The van der Waals surface area contributed by atoms with Crippen molar-refractivity contribution in [2.75, 3.05) is 0 Å². The summed E-state index contributed by atoms with van der Waals surface area (Å²) >= 11 is 0. The normalized spacial score (nSPS) is 12.9. The molecule has 0 fully saturated rings. The zero-order chi connectivity index (χ0) is 27.5. The summed E-state index contributed by atoms with van der Waals surface area (Å²) in [5.41, 5.74) is 5.43. The highest BCUT2D eigenvalue weighted by atomic mass is 28.4. The summed E-state index contributed by atoms with van der Waals surface area (Å²) < 4.78 is 0. The van der Waals surface area contributed by atoms with E-state index in [0.29, 0.717) is 10.4 Å². The summed E-state index contributed by atoms with van der Waals surface area (Å²) in [6.07, 6.45) is 0. The molecule has 0 heterocycles. The van der Waals surface area contributed by atoms with Crippen LogP contribution in [-0.2, 0) is 5.41 Å². The molecule has 0 unspecified atom stereocenters. The monoisotopic (exact) mass is 538 g/mol. The highest BCUT2D eigenvalue weighted by Gasteiger charge is 2.26. The quantitative estimate of drug-likeness (QED) is 0.188. The van der Waals surface area contributed by atoms with Crippen molar-refractivity contribution >= 4 is 49.0 Å². The fourth-order valence-electron chi connectivity index (χ4n) is 5.17.